The number of hydrogen-bond acceptors (Lipinski definition) is 3. The van der Waals surface area contributed by atoms with Gasteiger partial charge in [0.1, 0.15) is 5.75 Å². The molecule has 4 N–H and O–H groups in total. The zero-order chi connectivity index (χ0) is 14.2. The molecule has 0 heterocycles. The molecular formula is C14H14ClNO3. The van der Waals surface area contributed by atoms with E-state index >= 15 is 0 Å². The Labute approximate surface area is 115 Å². The Morgan fingerprint density at radius 3 is 2.79 bits per heavy atom. The number of aromatic hydroxyl groups is 1. The van der Waals surface area contributed by atoms with Crippen molar-refractivity contribution in [3.63, 3.8) is 0 Å². The minimum Gasteiger partial charge on any atom is -0.505 e. The number of alkyl halides is 1. The monoisotopic (exact) mass is 279 g/mol. The smallest absolute Gasteiger partial charge is 0.331 e. The van der Waals surface area contributed by atoms with Crippen LogP contribution in [0.4, 0.5) is 5.69 Å². The van der Waals surface area contributed by atoms with Gasteiger partial charge in [-0.25, -0.2) is 4.79 Å². The van der Waals surface area contributed by atoms with Gasteiger partial charge in [-0.2, -0.15) is 0 Å². The second-order valence-electron chi connectivity index (χ2n) is 4.57. The number of halogens is 1. The van der Waals surface area contributed by atoms with Crippen LogP contribution in [0.15, 0.2) is 29.9 Å². The van der Waals surface area contributed by atoms with Crippen LogP contribution >= 0.6 is 11.6 Å². The second kappa shape index (κ2) is 4.97. The third kappa shape index (κ3) is 2.74. The number of carboxylic acid groups (broad SMARTS) is 1. The number of carbonyl (C=O) groups is 1. The Morgan fingerprint density at radius 1 is 1.47 bits per heavy atom. The van der Waals surface area contributed by atoms with E-state index in [1.807, 2.05) is 6.92 Å². The number of aliphatic carboxylic acids is 1. The van der Waals surface area contributed by atoms with Gasteiger partial charge in [-0.15, -0.1) is 11.6 Å². The van der Waals surface area contributed by atoms with Gasteiger partial charge < -0.3 is 15.9 Å². The topological polar surface area (TPSA) is 83.5 Å². The molecule has 4 nitrogen and oxygen atoms in total. The van der Waals surface area contributed by atoms with Crippen LogP contribution in [-0.2, 0) is 4.79 Å². The summed E-state index contributed by atoms with van der Waals surface area (Å²) in [5, 5.41) is 18.6. The van der Waals surface area contributed by atoms with E-state index in [1.165, 1.54) is 6.08 Å². The van der Waals surface area contributed by atoms with Crippen molar-refractivity contribution in [2.75, 3.05) is 5.73 Å². The highest BCUT2D eigenvalue weighted by Gasteiger charge is 2.20. The number of nitrogens with two attached hydrogens (primary N) is 1. The Hall–Kier alpha value is -1.94. The molecule has 1 aliphatic carbocycles. The van der Waals surface area contributed by atoms with Crippen molar-refractivity contribution in [2.45, 2.75) is 18.7 Å². The fraction of sp³-hybridized carbons (Fsp3) is 0.214. The molecule has 0 saturated carbocycles. The number of benzene rings is 1. The van der Waals surface area contributed by atoms with E-state index in [9.17, 15) is 9.90 Å². The number of anilines is 1. The molecule has 0 aromatic heterocycles. The van der Waals surface area contributed by atoms with Gasteiger partial charge in [0.05, 0.1) is 11.1 Å². The average Bonchev–Trinajstić information content (AvgIpc) is 2.32. The van der Waals surface area contributed by atoms with E-state index in [-0.39, 0.29) is 23.4 Å². The van der Waals surface area contributed by atoms with Crippen molar-refractivity contribution in [1.29, 1.82) is 0 Å². The van der Waals surface area contributed by atoms with Crippen molar-refractivity contribution in [1.82, 2.24) is 0 Å². The SMILES string of the molecule is Cc1cc(N)c(O)c(C2=CC(Cl)CC(C(=O)O)=C2)c1. The van der Waals surface area contributed by atoms with Crippen molar-refractivity contribution < 1.29 is 15.0 Å². The fourth-order valence-electron chi connectivity index (χ4n) is 2.10. The molecule has 0 spiro atoms. The lowest BCUT2D eigenvalue weighted by Gasteiger charge is -2.17. The van der Waals surface area contributed by atoms with Crippen LogP contribution in [0.1, 0.15) is 17.5 Å². The van der Waals surface area contributed by atoms with Crippen LogP contribution in [0.5, 0.6) is 5.75 Å². The summed E-state index contributed by atoms with van der Waals surface area (Å²) in [6.07, 6.45) is 3.51. The van der Waals surface area contributed by atoms with Crippen molar-refractivity contribution >= 4 is 28.8 Å². The van der Waals surface area contributed by atoms with Crippen LogP contribution in [0.3, 0.4) is 0 Å². The minimum atomic E-state index is -1.00. The van der Waals surface area contributed by atoms with E-state index in [0.29, 0.717) is 11.1 Å². The number of nitrogen functional groups attached to an aromatic ring is 1. The van der Waals surface area contributed by atoms with E-state index < -0.39 is 11.3 Å². The van der Waals surface area contributed by atoms with Crippen molar-refractivity contribution in [3.8, 4) is 5.75 Å². The summed E-state index contributed by atoms with van der Waals surface area (Å²) < 4.78 is 0. The highest BCUT2D eigenvalue weighted by Crippen LogP contribution is 2.36. The normalized spacial score (nSPS) is 18.7. The van der Waals surface area contributed by atoms with Crippen LogP contribution in [-0.4, -0.2) is 21.6 Å². The molecular weight excluding hydrogens is 266 g/mol. The first-order chi connectivity index (χ1) is 8.88. The maximum Gasteiger partial charge on any atom is 0.331 e. The van der Waals surface area contributed by atoms with Gasteiger partial charge in [0.15, 0.2) is 0 Å². The van der Waals surface area contributed by atoms with Crippen molar-refractivity contribution in [2.24, 2.45) is 0 Å². The summed E-state index contributed by atoms with van der Waals surface area (Å²) in [5.74, 6) is -1.06. The predicted octanol–water partition coefficient (Wildman–Crippen LogP) is 2.69. The maximum atomic E-state index is 11.1. The van der Waals surface area contributed by atoms with Gasteiger partial charge in [0.25, 0.3) is 0 Å². The zero-order valence-corrected chi connectivity index (χ0v) is 11.1. The summed E-state index contributed by atoms with van der Waals surface area (Å²) in [6.45, 7) is 1.85. The molecule has 1 aromatic rings. The number of allylic oxidation sites excluding steroid dienone is 3. The molecule has 5 heteroatoms. The number of carboxylic acids is 1. The molecule has 0 fully saturated rings. The third-order valence-corrected chi connectivity index (χ3v) is 3.25. The van der Waals surface area contributed by atoms with Crippen LogP contribution < -0.4 is 5.73 Å². The van der Waals surface area contributed by atoms with E-state index in [1.54, 1.807) is 18.2 Å². The minimum absolute atomic E-state index is 0.0522. The molecule has 1 aliphatic rings. The van der Waals surface area contributed by atoms with Gasteiger partial charge >= 0.3 is 5.97 Å². The zero-order valence-electron chi connectivity index (χ0n) is 10.4. The van der Waals surface area contributed by atoms with Gasteiger partial charge in [0, 0.05) is 11.1 Å². The van der Waals surface area contributed by atoms with Gasteiger partial charge in [-0.1, -0.05) is 6.08 Å². The maximum absolute atomic E-state index is 11.1. The summed E-state index contributed by atoms with van der Waals surface area (Å²) in [6, 6.07) is 3.41. The molecule has 1 aromatic carbocycles. The quantitative estimate of drug-likeness (QED) is 0.441. The molecule has 0 aliphatic heterocycles. The molecule has 0 saturated heterocycles. The Morgan fingerprint density at radius 2 is 2.16 bits per heavy atom. The fourth-order valence-corrected chi connectivity index (χ4v) is 2.40. The first-order valence-corrected chi connectivity index (χ1v) is 6.21. The highest BCUT2D eigenvalue weighted by atomic mass is 35.5. The first-order valence-electron chi connectivity index (χ1n) is 5.77. The summed E-state index contributed by atoms with van der Waals surface area (Å²) in [7, 11) is 0. The summed E-state index contributed by atoms with van der Waals surface area (Å²) >= 11 is 6.04. The molecule has 2 rings (SSSR count). The number of phenolic OH excluding ortho intramolecular Hbond substituents is 1. The lowest BCUT2D eigenvalue weighted by molar-refractivity contribution is -0.132. The first kappa shape index (κ1) is 13.5. The van der Waals surface area contributed by atoms with E-state index in [4.69, 9.17) is 22.4 Å². The highest BCUT2D eigenvalue weighted by molar-refractivity contribution is 6.23. The predicted molar refractivity (Wildman–Crippen MR) is 75.2 cm³/mol. The summed E-state index contributed by atoms with van der Waals surface area (Å²) in [5.41, 5.74) is 8.16. The van der Waals surface area contributed by atoms with Crippen molar-refractivity contribution in [3.05, 3.63) is 41.0 Å². The number of hydrogen-bond donors (Lipinski definition) is 3. The molecule has 0 radical (unpaired) electrons. The van der Waals surface area contributed by atoms with E-state index in [2.05, 4.69) is 0 Å². The molecule has 1 unspecified atom stereocenters. The van der Waals surface area contributed by atoms with E-state index in [0.717, 1.165) is 5.56 Å². The Kier molecular flexibility index (Phi) is 3.53. The largest absolute Gasteiger partial charge is 0.505 e. The Balaban J connectivity index is 2.55. The van der Waals surface area contributed by atoms with Gasteiger partial charge in [-0.05, 0) is 42.7 Å². The van der Waals surface area contributed by atoms with Crippen LogP contribution in [0, 0.1) is 6.92 Å². The van der Waals surface area contributed by atoms with Gasteiger partial charge in [-0.3, -0.25) is 0 Å². The number of aryl methyl sites for hydroxylation is 1. The Bertz CT molecular complexity index is 605. The summed E-state index contributed by atoms with van der Waals surface area (Å²) in [4.78, 5) is 11.1. The number of phenols is 1. The standard InChI is InChI=1S/C14H14ClNO3/c1-7-2-11(13(17)12(16)3-7)8-4-9(14(18)19)6-10(15)5-8/h2-5,10,17H,6,16H2,1H3,(H,18,19). The second-order valence-corrected chi connectivity index (χ2v) is 5.13. The van der Waals surface area contributed by atoms with Crippen LogP contribution in [0.25, 0.3) is 5.57 Å². The molecule has 0 amide bonds. The lowest BCUT2D eigenvalue weighted by Crippen LogP contribution is -2.11. The molecule has 19 heavy (non-hydrogen) atoms. The number of rotatable bonds is 2. The molecule has 1 atom stereocenters. The molecule has 100 valence electrons. The third-order valence-electron chi connectivity index (χ3n) is 2.97. The lowest BCUT2D eigenvalue weighted by atomic mass is 9.92. The molecule has 0 bridgehead atoms. The van der Waals surface area contributed by atoms with Gasteiger partial charge in [0.2, 0.25) is 0 Å². The average molecular weight is 280 g/mol. The van der Waals surface area contributed by atoms with Crippen LogP contribution in [0.2, 0.25) is 0 Å².